The standard InChI is InChI=1S/C4H3BrF3NS/c5-3-9-1-2(10-3)4(6,7)8/h2H,1H2. The van der Waals surface area contributed by atoms with Crippen molar-refractivity contribution in [2.75, 3.05) is 6.54 Å². The number of alkyl halides is 3. The molecule has 0 N–H and O–H groups in total. The van der Waals surface area contributed by atoms with Gasteiger partial charge in [-0.05, 0) is 15.9 Å². The molecule has 0 aromatic rings. The van der Waals surface area contributed by atoms with Crippen molar-refractivity contribution in [2.24, 2.45) is 4.99 Å². The molecule has 1 rings (SSSR count). The van der Waals surface area contributed by atoms with Crippen LogP contribution < -0.4 is 0 Å². The second-order valence-corrected chi connectivity index (χ2v) is 4.21. The molecule has 1 unspecified atom stereocenters. The first-order chi connectivity index (χ1) is 4.50. The molecule has 0 aliphatic carbocycles. The van der Waals surface area contributed by atoms with Gasteiger partial charge >= 0.3 is 6.18 Å². The Labute approximate surface area is 68.2 Å². The second-order valence-electron chi connectivity index (χ2n) is 1.74. The predicted molar refractivity (Wildman–Crippen MR) is 38.7 cm³/mol. The molecule has 0 radical (unpaired) electrons. The van der Waals surface area contributed by atoms with Crippen LogP contribution in [0.5, 0.6) is 0 Å². The molecule has 0 saturated carbocycles. The molecule has 0 aromatic heterocycles. The van der Waals surface area contributed by atoms with Gasteiger partial charge < -0.3 is 0 Å². The maximum Gasteiger partial charge on any atom is 0.402 e. The highest BCUT2D eigenvalue weighted by Crippen LogP contribution is 2.36. The molecule has 1 nitrogen and oxygen atoms in total. The minimum atomic E-state index is -4.12. The van der Waals surface area contributed by atoms with E-state index in [1.165, 1.54) is 0 Å². The minimum Gasteiger partial charge on any atom is -0.270 e. The fourth-order valence-electron chi connectivity index (χ4n) is 0.517. The maximum atomic E-state index is 11.8. The summed E-state index contributed by atoms with van der Waals surface area (Å²) >= 11 is 3.60. The number of rotatable bonds is 0. The zero-order valence-electron chi connectivity index (χ0n) is 4.65. The van der Waals surface area contributed by atoms with E-state index < -0.39 is 11.4 Å². The van der Waals surface area contributed by atoms with E-state index in [0.29, 0.717) is 15.7 Å². The van der Waals surface area contributed by atoms with E-state index >= 15 is 0 Å². The van der Waals surface area contributed by atoms with Crippen LogP contribution in [0.4, 0.5) is 13.2 Å². The Balaban J connectivity index is 2.50. The smallest absolute Gasteiger partial charge is 0.270 e. The zero-order valence-corrected chi connectivity index (χ0v) is 7.05. The molecule has 0 fully saturated rings. The van der Waals surface area contributed by atoms with Crippen molar-refractivity contribution >= 4 is 31.6 Å². The van der Waals surface area contributed by atoms with Gasteiger partial charge in [0.05, 0.1) is 6.54 Å². The number of nitrogens with zero attached hydrogens (tertiary/aromatic N) is 1. The van der Waals surface area contributed by atoms with Gasteiger partial charge in [-0.1, -0.05) is 11.8 Å². The first-order valence-electron chi connectivity index (χ1n) is 2.43. The maximum absolute atomic E-state index is 11.8. The van der Waals surface area contributed by atoms with Crippen molar-refractivity contribution < 1.29 is 13.2 Å². The van der Waals surface area contributed by atoms with Gasteiger partial charge in [-0.15, -0.1) is 0 Å². The van der Waals surface area contributed by atoms with E-state index in [-0.39, 0.29) is 6.54 Å². The lowest BCUT2D eigenvalue weighted by atomic mass is 10.4. The third-order valence-corrected chi connectivity index (χ3v) is 2.82. The predicted octanol–water partition coefficient (Wildman–Crippen LogP) is 2.42. The third kappa shape index (κ3) is 1.88. The summed E-state index contributed by atoms with van der Waals surface area (Å²) < 4.78 is 35.8. The molecule has 1 aliphatic rings. The number of hydrogen-bond acceptors (Lipinski definition) is 2. The van der Waals surface area contributed by atoms with Gasteiger partial charge in [-0.2, -0.15) is 13.2 Å². The zero-order chi connectivity index (χ0) is 7.78. The van der Waals surface area contributed by atoms with Crippen molar-refractivity contribution in [3.05, 3.63) is 0 Å². The van der Waals surface area contributed by atoms with E-state index in [1.807, 2.05) is 0 Å². The van der Waals surface area contributed by atoms with E-state index in [0.717, 1.165) is 0 Å². The lowest BCUT2D eigenvalue weighted by Crippen LogP contribution is -2.26. The Morgan fingerprint density at radius 3 is 2.40 bits per heavy atom. The lowest BCUT2D eigenvalue weighted by molar-refractivity contribution is -0.126. The highest BCUT2D eigenvalue weighted by Gasteiger charge is 2.42. The van der Waals surface area contributed by atoms with Gasteiger partial charge in [0, 0.05) is 0 Å². The molecule has 1 aliphatic heterocycles. The van der Waals surface area contributed by atoms with Crippen LogP contribution in [0.3, 0.4) is 0 Å². The molecular formula is C4H3BrF3NS. The van der Waals surface area contributed by atoms with Gasteiger partial charge in [0.2, 0.25) is 0 Å². The summed E-state index contributed by atoms with van der Waals surface area (Å²) in [5.74, 6) is 0. The van der Waals surface area contributed by atoms with Crippen molar-refractivity contribution in [2.45, 2.75) is 11.4 Å². The molecular weight excluding hydrogens is 231 g/mol. The lowest BCUT2D eigenvalue weighted by Gasteiger charge is -2.10. The van der Waals surface area contributed by atoms with Crippen molar-refractivity contribution in [3.8, 4) is 0 Å². The Kier molecular flexibility index (Phi) is 2.29. The summed E-state index contributed by atoms with van der Waals surface area (Å²) in [6, 6.07) is 0. The van der Waals surface area contributed by atoms with Crippen molar-refractivity contribution in [3.63, 3.8) is 0 Å². The van der Waals surface area contributed by atoms with E-state index in [4.69, 9.17) is 0 Å². The van der Waals surface area contributed by atoms with Crippen LogP contribution in [-0.4, -0.2) is 21.9 Å². The normalized spacial score (nSPS) is 26.8. The molecule has 0 spiro atoms. The Bertz CT molecular complexity index is 166. The first-order valence-corrected chi connectivity index (χ1v) is 4.11. The van der Waals surface area contributed by atoms with Crippen LogP contribution in [0.15, 0.2) is 4.99 Å². The molecule has 0 bridgehead atoms. The summed E-state index contributed by atoms with van der Waals surface area (Å²) in [6.07, 6.45) is -4.12. The summed E-state index contributed by atoms with van der Waals surface area (Å²) in [5, 5.41) is -1.35. The molecule has 0 amide bonds. The SMILES string of the molecule is FC(F)(F)C1CN=C(Br)S1. The summed E-state index contributed by atoms with van der Waals surface area (Å²) in [7, 11) is 0. The number of halogens is 4. The molecule has 6 heteroatoms. The molecule has 58 valence electrons. The molecule has 1 atom stereocenters. The van der Waals surface area contributed by atoms with Crippen molar-refractivity contribution in [1.82, 2.24) is 0 Å². The van der Waals surface area contributed by atoms with Crippen LogP contribution in [-0.2, 0) is 0 Å². The third-order valence-electron chi connectivity index (χ3n) is 0.986. The summed E-state index contributed by atoms with van der Waals surface area (Å²) in [6.45, 7) is -0.158. The largest absolute Gasteiger partial charge is 0.402 e. The van der Waals surface area contributed by atoms with Crippen LogP contribution >= 0.6 is 27.7 Å². The fraction of sp³-hybridized carbons (Fsp3) is 0.750. The monoisotopic (exact) mass is 233 g/mol. The fourth-order valence-corrected chi connectivity index (χ4v) is 2.01. The van der Waals surface area contributed by atoms with Crippen LogP contribution in [0.2, 0.25) is 0 Å². The van der Waals surface area contributed by atoms with Gasteiger partial charge in [-0.25, -0.2) is 0 Å². The van der Waals surface area contributed by atoms with Crippen molar-refractivity contribution in [1.29, 1.82) is 0 Å². The average molecular weight is 234 g/mol. The quantitative estimate of drug-likeness (QED) is 0.626. The number of thioether (sulfide) groups is 1. The Morgan fingerprint density at radius 1 is 1.60 bits per heavy atom. The van der Waals surface area contributed by atoms with Gasteiger partial charge in [0.25, 0.3) is 0 Å². The highest BCUT2D eigenvalue weighted by atomic mass is 79.9. The molecule has 10 heavy (non-hydrogen) atoms. The average Bonchev–Trinajstić information content (AvgIpc) is 2.11. The Hall–Kier alpha value is 0.290. The molecule has 0 saturated heterocycles. The van der Waals surface area contributed by atoms with E-state index in [1.54, 1.807) is 0 Å². The van der Waals surface area contributed by atoms with Crippen LogP contribution in [0, 0.1) is 0 Å². The van der Waals surface area contributed by atoms with Crippen LogP contribution in [0.25, 0.3) is 0 Å². The Morgan fingerprint density at radius 2 is 2.20 bits per heavy atom. The highest BCUT2D eigenvalue weighted by molar-refractivity contribution is 9.22. The minimum absolute atomic E-state index is 0.158. The van der Waals surface area contributed by atoms with E-state index in [9.17, 15) is 13.2 Å². The van der Waals surface area contributed by atoms with Gasteiger partial charge in [0.1, 0.15) is 9.20 Å². The number of aliphatic imine (C=N–C) groups is 1. The summed E-state index contributed by atoms with van der Waals surface area (Å²) in [4.78, 5) is 3.56. The topological polar surface area (TPSA) is 12.4 Å². The molecule has 0 aromatic carbocycles. The van der Waals surface area contributed by atoms with Gasteiger partial charge in [0.15, 0.2) is 0 Å². The van der Waals surface area contributed by atoms with Crippen LogP contribution in [0.1, 0.15) is 0 Å². The summed E-state index contributed by atoms with van der Waals surface area (Å²) in [5.41, 5.74) is 0. The van der Waals surface area contributed by atoms with Gasteiger partial charge in [-0.3, -0.25) is 4.99 Å². The molecule has 1 heterocycles. The second kappa shape index (κ2) is 2.73. The first kappa shape index (κ1) is 8.39. The van der Waals surface area contributed by atoms with E-state index in [2.05, 4.69) is 20.9 Å². The number of hydrogen-bond donors (Lipinski definition) is 0.